The quantitative estimate of drug-likeness (QED) is 0.530. The second kappa shape index (κ2) is 3.47. The number of benzene rings is 1. The predicted octanol–water partition coefficient (Wildman–Crippen LogP) is 1.93. The van der Waals surface area contributed by atoms with E-state index >= 15 is 0 Å². The molecule has 1 rings (SSSR count). The average molecular weight is 180 g/mol. The molecule has 0 radical (unpaired) electrons. The van der Waals surface area contributed by atoms with Gasteiger partial charge in [-0.25, -0.2) is 0 Å². The van der Waals surface area contributed by atoms with Crippen LogP contribution in [0.2, 0.25) is 0 Å². The second-order valence-corrected chi connectivity index (χ2v) is 2.98. The molecule has 13 heavy (non-hydrogen) atoms. The summed E-state index contributed by atoms with van der Waals surface area (Å²) in [5.41, 5.74) is 1.70. The number of hydrogen-bond donors (Lipinski definition) is 1. The summed E-state index contributed by atoms with van der Waals surface area (Å²) in [6.45, 7) is 4.98. The van der Waals surface area contributed by atoms with Crippen LogP contribution in [0, 0.1) is 13.8 Å². The Hall–Kier alpha value is -1.51. The van der Waals surface area contributed by atoms with Crippen molar-refractivity contribution in [1.29, 1.82) is 0 Å². The van der Waals surface area contributed by atoms with E-state index < -0.39 is 0 Å². The summed E-state index contributed by atoms with van der Waals surface area (Å²) in [7, 11) is 0. The molecule has 0 spiro atoms. The molecule has 0 saturated heterocycles. The third kappa shape index (κ3) is 2.21. The van der Waals surface area contributed by atoms with E-state index in [-0.39, 0.29) is 11.7 Å². The monoisotopic (exact) mass is 180 g/mol. The van der Waals surface area contributed by atoms with Crippen LogP contribution in [-0.4, -0.2) is 11.1 Å². The standard InChI is InChI=1S/C10H12O3/c1-6-4-9(13-8(3)11)5-10(12)7(6)2/h4-5,12H,1-3H3. The number of phenolic OH excluding ortho intramolecular Hbond substituents is 1. The number of ether oxygens (including phenoxy) is 1. The first-order valence-corrected chi connectivity index (χ1v) is 3.99. The predicted molar refractivity (Wildman–Crippen MR) is 48.9 cm³/mol. The summed E-state index contributed by atoms with van der Waals surface area (Å²) >= 11 is 0. The maximum atomic E-state index is 10.6. The topological polar surface area (TPSA) is 46.5 Å². The molecule has 0 bridgehead atoms. The summed E-state index contributed by atoms with van der Waals surface area (Å²) in [5, 5.41) is 9.40. The van der Waals surface area contributed by atoms with Crippen molar-refractivity contribution >= 4 is 5.97 Å². The minimum absolute atomic E-state index is 0.149. The van der Waals surface area contributed by atoms with Crippen molar-refractivity contribution in [3.63, 3.8) is 0 Å². The first kappa shape index (κ1) is 9.58. The minimum Gasteiger partial charge on any atom is -0.508 e. The lowest BCUT2D eigenvalue weighted by Gasteiger charge is -2.06. The fraction of sp³-hybridized carbons (Fsp3) is 0.300. The van der Waals surface area contributed by atoms with Gasteiger partial charge in [0.2, 0.25) is 0 Å². The van der Waals surface area contributed by atoms with Crippen LogP contribution in [0.5, 0.6) is 11.5 Å². The lowest BCUT2D eigenvalue weighted by molar-refractivity contribution is -0.131. The second-order valence-electron chi connectivity index (χ2n) is 2.98. The van der Waals surface area contributed by atoms with Crippen LogP contribution in [0.1, 0.15) is 18.1 Å². The van der Waals surface area contributed by atoms with Crippen molar-refractivity contribution in [3.8, 4) is 11.5 Å². The van der Waals surface area contributed by atoms with E-state index in [1.807, 2.05) is 13.8 Å². The molecule has 3 nitrogen and oxygen atoms in total. The number of hydrogen-bond acceptors (Lipinski definition) is 3. The molecule has 1 aromatic carbocycles. The van der Waals surface area contributed by atoms with E-state index in [0.717, 1.165) is 11.1 Å². The van der Waals surface area contributed by atoms with Gasteiger partial charge in [0.15, 0.2) is 0 Å². The maximum Gasteiger partial charge on any atom is 0.308 e. The number of phenols is 1. The van der Waals surface area contributed by atoms with E-state index in [4.69, 9.17) is 4.74 Å². The number of carbonyl (C=O) groups is 1. The molecular weight excluding hydrogens is 168 g/mol. The number of esters is 1. The van der Waals surface area contributed by atoms with E-state index in [1.54, 1.807) is 6.07 Å². The minimum atomic E-state index is -0.386. The van der Waals surface area contributed by atoms with Gasteiger partial charge < -0.3 is 9.84 Å². The third-order valence-electron chi connectivity index (χ3n) is 1.88. The van der Waals surface area contributed by atoms with Gasteiger partial charge in [-0.05, 0) is 31.0 Å². The van der Waals surface area contributed by atoms with E-state index in [2.05, 4.69) is 0 Å². The number of carbonyl (C=O) groups excluding carboxylic acids is 1. The first-order chi connectivity index (χ1) is 6.00. The van der Waals surface area contributed by atoms with Crippen molar-refractivity contribution in [2.24, 2.45) is 0 Å². The fourth-order valence-electron chi connectivity index (χ4n) is 1.03. The van der Waals surface area contributed by atoms with Crippen LogP contribution in [0.3, 0.4) is 0 Å². The highest BCUT2D eigenvalue weighted by molar-refractivity contribution is 5.69. The molecular formula is C10H12O3. The van der Waals surface area contributed by atoms with Crippen molar-refractivity contribution in [2.45, 2.75) is 20.8 Å². The van der Waals surface area contributed by atoms with E-state index in [9.17, 15) is 9.90 Å². The highest BCUT2D eigenvalue weighted by Gasteiger charge is 2.05. The van der Waals surface area contributed by atoms with Crippen molar-refractivity contribution < 1.29 is 14.6 Å². The van der Waals surface area contributed by atoms with Gasteiger partial charge in [-0.2, -0.15) is 0 Å². The number of aryl methyl sites for hydroxylation is 1. The highest BCUT2D eigenvalue weighted by Crippen LogP contribution is 2.26. The van der Waals surface area contributed by atoms with E-state index in [0.29, 0.717) is 5.75 Å². The summed E-state index contributed by atoms with van der Waals surface area (Å²) in [5.74, 6) is 0.145. The molecule has 1 aromatic rings. The molecule has 0 aromatic heterocycles. The van der Waals surface area contributed by atoms with Crippen LogP contribution >= 0.6 is 0 Å². The van der Waals surface area contributed by atoms with Gasteiger partial charge in [0.05, 0.1) is 0 Å². The lowest BCUT2D eigenvalue weighted by Crippen LogP contribution is -2.01. The zero-order valence-electron chi connectivity index (χ0n) is 7.92. The van der Waals surface area contributed by atoms with Crippen LogP contribution < -0.4 is 4.74 Å². The Labute approximate surface area is 77.0 Å². The summed E-state index contributed by atoms with van der Waals surface area (Å²) in [6, 6.07) is 3.15. The summed E-state index contributed by atoms with van der Waals surface area (Å²) in [6.07, 6.45) is 0. The molecule has 0 aliphatic carbocycles. The van der Waals surface area contributed by atoms with Gasteiger partial charge in [0.1, 0.15) is 11.5 Å². The van der Waals surface area contributed by atoms with Crippen molar-refractivity contribution in [2.75, 3.05) is 0 Å². The Balaban J connectivity index is 3.06. The summed E-state index contributed by atoms with van der Waals surface area (Å²) in [4.78, 5) is 10.6. The Morgan fingerprint density at radius 3 is 2.46 bits per heavy atom. The molecule has 3 heteroatoms. The first-order valence-electron chi connectivity index (χ1n) is 3.99. The van der Waals surface area contributed by atoms with Crippen LogP contribution in [0.4, 0.5) is 0 Å². The zero-order valence-corrected chi connectivity index (χ0v) is 7.92. The normalized spacial score (nSPS) is 9.77. The smallest absolute Gasteiger partial charge is 0.308 e. The van der Waals surface area contributed by atoms with Gasteiger partial charge in [-0.1, -0.05) is 0 Å². The molecule has 0 heterocycles. The fourth-order valence-corrected chi connectivity index (χ4v) is 1.03. The SMILES string of the molecule is CC(=O)Oc1cc(C)c(C)c(O)c1. The zero-order chi connectivity index (χ0) is 10.0. The highest BCUT2D eigenvalue weighted by atomic mass is 16.5. The molecule has 70 valence electrons. The number of aromatic hydroxyl groups is 1. The summed E-state index contributed by atoms with van der Waals surface area (Å²) < 4.78 is 4.83. The van der Waals surface area contributed by atoms with Gasteiger partial charge in [0, 0.05) is 13.0 Å². The molecule has 0 aliphatic rings. The van der Waals surface area contributed by atoms with Crippen molar-refractivity contribution in [1.82, 2.24) is 0 Å². The Kier molecular flexibility index (Phi) is 2.56. The van der Waals surface area contributed by atoms with Crippen LogP contribution in [0.15, 0.2) is 12.1 Å². The Morgan fingerprint density at radius 2 is 2.00 bits per heavy atom. The largest absolute Gasteiger partial charge is 0.508 e. The van der Waals surface area contributed by atoms with Gasteiger partial charge in [0.25, 0.3) is 0 Å². The molecule has 0 unspecified atom stereocenters. The Morgan fingerprint density at radius 1 is 1.38 bits per heavy atom. The molecule has 0 saturated carbocycles. The maximum absolute atomic E-state index is 10.6. The third-order valence-corrected chi connectivity index (χ3v) is 1.88. The molecule has 0 atom stereocenters. The molecule has 0 fully saturated rings. The van der Waals surface area contributed by atoms with Gasteiger partial charge in [-0.15, -0.1) is 0 Å². The van der Waals surface area contributed by atoms with Crippen molar-refractivity contribution in [3.05, 3.63) is 23.3 Å². The molecule has 1 N–H and O–H groups in total. The van der Waals surface area contributed by atoms with Crippen LogP contribution in [0.25, 0.3) is 0 Å². The lowest BCUT2D eigenvalue weighted by atomic mass is 10.1. The van der Waals surface area contributed by atoms with Crippen LogP contribution in [-0.2, 0) is 4.79 Å². The molecule has 0 aliphatic heterocycles. The van der Waals surface area contributed by atoms with Gasteiger partial charge in [-0.3, -0.25) is 4.79 Å². The number of rotatable bonds is 1. The molecule has 0 amide bonds. The average Bonchev–Trinajstić information content (AvgIpc) is 1.98. The van der Waals surface area contributed by atoms with E-state index in [1.165, 1.54) is 13.0 Å². The van der Waals surface area contributed by atoms with Gasteiger partial charge >= 0.3 is 5.97 Å². The Bertz CT molecular complexity index is 319.